The van der Waals surface area contributed by atoms with Crippen LogP contribution in [0.4, 0.5) is 48.1 Å². The van der Waals surface area contributed by atoms with Crippen LogP contribution in [-0.2, 0) is 34.5 Å². The highest BCUT2D eigenvalue weighted by Crippen LogP contribution is 2.50. The number of carbonyl (C=O) groups excluding carboxylic acids is 2. The summed E-state index contributed by atoms with van der Waals surface area (Å²) in [6.07, 6.45) is 3.33. The zero-order valence-corrected chi connectivity index (χ0v) is 50.3. The molecule has 448 valence electrons. The molecular weight excluding hydrogens is 1330 g/mol. The van der Waals surface area contributed by atoms with Gasteiger partial charge in [-0.1, -0.05) is 125 Å². The van der Waals surface area contributed by atoms with E-state index < -0.39 is 75.8 Å². The number of fused-ring (bicyclic) bond motifs is 4. The maximum Gasteiger partial charge on any atom is 0.762 e. The number of rotatable bonds is 9. The summed E-state index contributed by atoms with van der Waals surface area (Å²) in [5, 5.41) is 1.54. The van der Waals surface area contributed by atoms with E-state index in [0.717, 1.165) is 94.3 Å². The molecular formula is C62H33BCl4F12N2O3S4. The van der Waals surface area contributed by atoms with Crippen molar-refractivity contribution >= 4 is 111 Å². The van der Waals surface area contributed by atoms with Crippen LogP contribution in [0, 0.1) is 46.5 Å². The molecule has 0 bridgehead atoms. The van der Waals surface area contributed by atoms with Gasteiger partial charge in [-0.05, 0) is 124 Å². The smallest absolute Gasteiger partial charge is 0.762 e. The van der Waals surface area contributed by atoms with Crippen molar-refractivity contribution in [2.45, 2.75) is 56.9 Å². The van der Waals surface area contributed by atoms with Crippen LogP contribution >= 0.6 is 69.9 Å². The van der Waals surface area contributed by atoms with Gasteiger partial charge in [-0.25, -0.2) is 49.3 Å². The van der Waals surface area contributed by atoms with Crippen molar-refractivity contribution in [2.24, 2.45) is 0 Å². The molecule has 10 aromatic rings. The lowest BCUT2D eigenvalue weighted by Gasteiger charge is -2.20. The van der Waals surface area contributed by atoms with Crippen LogP contribution in [0.2, 0.25) is 20.4 Å². The van der Waals surface area contributed by atoms with E-state index in [4.69, 9.17) is 46.4 Å². The van der Waals surface area contributed by atoms with Crippen molar-refractivity contribution in [1.29, 1.82) is 0 Å². The molecule has 0 radical (unpaired) electrons. The number of nitrogens with zero attached hydrogens (tertiary/aromatic N) is 2. The second kappa shape index (κ2) is 29.5. The average molecular weight is 1360 g/mol. The Morgan fingerprint density at radius 3 is 1.27 bits per heavy atom. The minimum absolute atomic E-state index is 0. The molecule has 2 aromatic heterocycles. The Morgan fingerprint density at radius 1 is 0.455 bits per heavy atom. The Bertz CT molecular complexity index is 4200. The van der Waals surface area contributed by atoms with Gasteiger partial charge in [0, 0.05) is 63.3 Å². The van der Waals surface area contributed by atoms with E-state index in [1.165, 1.54) is 6.20 Å². The van der Waals surface area contributed by atoms with Gasteiger partial charge in [0.05, 0.1) is 41.5 Å². The monoisotopic (exact) mass is 1360 g/mol. The van der Waals surface area contributed by atoms with Crippen molar-refractivity contribution in [3.63, 3.8) is 0 Å². The van der Waals surface area contributed by atoms with Crippen molar-refractivity contribution in [2.75, 3.05) is 0 Å². The van der Waals surface area contributed by atoms with Crippen molar-refractivity contribution in [3.8, 4) is 22.3 Å². The quantitative estimate of drug-likeness (QED) is 0.0468. The van der Waals surface area contributed by atoms with Gasteiger partial charge in [0.1, 0.15) is 21.2 Å². The first kappa shape index (κ1) is 66.9. The minimum Gasteiger partial charge on any atom is -1.00 e. The third-order valence-corrected chi connectivity index (χ3v) is 20.3. The summed E-state index contributed by atoms with van der Waals surface area (Å²) in [5.41, 5.74) is 5.82. The van der Waals surface area contributed by atoms with Crippen molar-refractivity contribution in [1.82, 2.24) is 9.97 Å². The Hall–Kier alpha value is -7.02. The highest BCUT2D eigenvalue weighted by molar-refractivity contribution is 8.04. The SMILES string of the molecule is FB(F)F.O=C(Cc1ccc([S+]2c3cc(F)c(F)cc3Sc3cc(F)c(F)cc32)cc1-c1ccc(Cl)cc1)c1cccnc1Cl.O=C(Cc1ccccc1-c1ccc(Cl)cc1)c1cccnc1Cl.O=S1c2cc(F)c(F)cc2Sc2cc(F)c(F)cc21.[F-]. The second-order valence-electron chi connectivity index (χ2n) is 18.3. The molecule has 0 atom stereocenters. The van der Waals surface area contributed by atoms with Gasteiger partial charge in [0.25, 0.3) is 0 Å². The Morgan fingerprint density at radius 2 is 0.830 bits per heavy atom. The number of benzene rings is 8. The van der Waals surface area contributed by atoms with Crippen LogP contribution in [0.15, 0.2) is 220 Å². The highest BCUT2D eigenvalue weighted by Gasteiger charge is 2.41. The standard InChI is InChI=1S/C31H16Cl2F4NOS2.C19H13Cl2NO.C12H4F4OS2.BF3.FH/c32-18-6-3-16(4-7-18)21-11-19(8-5-17(21)10-26(39)20-2-1-9-38-31(20)33)41-29-14-24(36)22(34)12-27(29)40-28-13-23(35)25(37)15-30(28)41;20-15-9-7-13(8-10-15)16-5-2-1-4-14(16)12-18(23)17-6-3-11-22-19(17)21;13-5-1-9-11(3-7(5)15)19(17)12-4-8(16)6(14)2-10(12)18-9;2-1(3)4;/h1-9,11-15H,10H2;1-11H,12H2;1-4H;;1H/q+1;;;;/p-1. The Balaban J connectivity index is 0.000000180. The van der Waals surface area contributed by atoms with Gasteiger partial charge in [0.2, 0.25) is 0 Å². The molecule has 0 N–H and O–H groups in total. The van der Waals surface area contributed by atoms with E-state index in [9.17, 15) is 61.9 Å². The van der Waals surface area contributed by atoms with Gasteiger partial charge in [-0.15, -0.1) is 0 Å². The number of halogens is 16. The molecule has 0 fully saturated rings. The van der Waals surface area contributed by atoms with Crippen molar-refractivity contribution < 1.29 is 66.6 Å². The summed E-state index contributed by atoms with van der Waals surface area (Å²) < 4.78 is 151. The maximum absolute atomic E-state index is 14.5. The normalized spacial score (nSPS) is 12.0. The molecule has 26 heteroatoms. The molecule has 0 saturated heterocycles. The molecule has 0 aliphatic carbocycles. The molecule has 0 amide bonds. The molecule has 0 spiro atoms. The molecule has 8 aromatic carbocycles. The van der Waals surface area contributed by atoms with E-state index in [2.05, 4.69) is 9.97 Å². The van der Waals surface area contributed by atoms with Crippen LogP contribution < -0.4 is 4.70 Å². The first-order chi connectivity index (χ1) is 41.5. The topological polar surface area (TPSA) is 77.0 Å². The number of carbonyl (C=O) groups is 2. The van der Waals surface area contributed by atoms with Gasteiger partial charge >= 0.3 is 7.54 Å². The fourth-order valence-electron chi connectivity index (χ4n) is 8.74. The number of Topliss-reactive ketones (excluding diaryl/α,β-unsaturated/α-hetero) is 2. The van der Waals surface area contributed by atoms with Crippen molar-refractivity contribution in [3.05, 3.63) is 265 Å². The second-order valence-corrected chi connectivity index (χ2v) is 25.4. The number of pyridine rings is 2. The van der Waals surface area contributed by atoms with E-state index in [1.54, 1.807) is 66.9 Å². The molecule has 12 rings (SSSR count). The highest BCUT2D eigenvalue weighted by atomic mass is 35.5. The summed E-state index contributed by atoms with van der Waals surface area (Å²) in [4.78, 5) is 36.6. The number of hydrogen-bond acceptors (Lipinski definition) is 7. The number of aromatic nitrogens is 2. The third kappa shape index (κ3) is 15.7. The van der Waals surface area contributed by atoms with E-state index >= 15 is 0 Å². The van der Waals surface area contributed by atoms with Crippen LogP contribution in [0.3, 0.4) is 0 Å². The fourth-order valence-corrected chi connectivity index (χ4v) is 15.9. The summed E-state index contributed by atoms with van der Waals surface area (Å²) in [5.74, 6) is -8.84. The predicted molar refractivity (Wildman–Crippen MR) is 318 cm³/mol. The van der Waals surface area contributed by atoms with Gasteiger partial charge in [0.15, 0.2) is 72.8 Å². The molecule has 2 aliphatic rings. The number of hydrogen-bond donors (Lipinski definition) is 0. The first-order valence-corrected chi connectivity index (χ1v) is 30.5. The van der Waals surface area contributed by atoms with Crippen LogP contribution in [-0.4, -0.2) is 33.3 Å². The third-order valence-electron chi connectivity index (χ3n) is 12.7. The number of ketones is 2. The molecule has 5 nitrogen and oxygen atoms in total. The largest absolute Gasteiger partial charge is 1.00 e. The molecule has 4 heterocycles. The summed E-state index contributed by atoms with van der Waals surface area (Å²) in [6, 6.07) is 42.3. The predicted octanol–water partition coefficient (Wildman–Crippen LogP) is 16.8. The Labute approximate surface area is 528 Å². The van der Waals surface area contributed by atoms with Gasteiger partial charge in [-0.3, -0.25) is 22.5 Å². The summed E-state index contributed by atoms with van der Waals surface area (Å²) >= 11 is 26.2. The fraction of sp³-hybridized carbons (Fsp3) is 0.0323. The minimum atomic E-state index is -3.67. The van der Waals surface area contributed by atoms with E-state index in [0.29, 0.717) is 51.2 Å². The van der Waals surface area contributed by atoms with Crippen LogP contribution in [0.25, 0.3) is 22.3 Å². The van der Waals surface area contributed by atoms with Crippen LogP contribution in [0.1, 0.15) is 31.8 Å². The molecule has 0 saturated carbocycles. The average Bonchev–Trinajstić information content (AvgIpc) is 0.813. The van der Waals surface area contributed by atoms with Gasteiger partial charge in [-0.2, -0.15) is 0 Å². The van der Waals surface area contributed by atoms with E-state index in [-0.39, 0.29) is 64.6 Å². The van der Waals surface area contributed by atoms with Crippen LogP contribution in [0.5, 0.6) is 0 Å². The lowest BCUT2D eigenvalue weighted by Crippen LogP contribution is -3.00. The lowest BCUT2D eigenvalue weighted by molar-refractivity contribution is -0.0000397. The van der Waals surface area contributed by atoms with E-state index in [1.807, 2.05) is 54.6 Å². The summed E-state index contributed by atoms with van der Waals surface area (Å²) in [6.45, 7) is 0. The molecule has 0 unspecified atom stereocenters. The Kier molecular flexibility index (Phi) is 22.5. The summed E-state index contributed by atoms with van der Waals surface area (Å²) in [7, 11) is -6.65. The molecule has 88 heavy (non-hydrogen) atoms. The lowest BCUT2D eigenvalue weighted by atomic mass is 9.95. The van der Waals surface area contributed by atoms with Gasteiger partial charge < -0.3 is 4.70 Å². The first-order valence-electron chi connectivity index (χ1n) is 24.9. The molecule has 2 aliphatic heterocycles. The maximum atomic E-state index is 14.5. The zero-order valence-electron chi connectivity index (χ0n) is 44.0. The zero-order chi connectivity index (χ0) is 62.4.